The second-order valence-corrected chi connectivity index (χ2v) is 8.01. The van der Waals surface area contributed by atoms with E-state index in [1.165, 1.54) is 0 Å². The van der Waals surface area contributed by atoms with Crippen LogP contribution in [-0.4, -0.2) is 20.7 Å². The highest BCUT2D eigenvalue weighted by atomic mass is 32.1. The van der Waals surface area contributed by atoms with Crippen LogP contribution in [0, 0.1) is 0 Å². The average Bonchev–Trinajstić information content (AvgIpc) is 3.51. The largest absolute Gasteiger partial charge is 0.365 e. The normalized spacial score (nSPS) is 15.6. The number of fused-ring (bicyclic) bond motifs is 3. The molecule has 0 unspecified atom stereocenters. The Morgan fingerprint density at radius 2 is 1.83 bits per heavy atom. The van der Waals surface area contributed by atoms with Gasteiger partial charge in [0.15, 0.2) is 0 Å². The molecule has 1 aliphatic rings. The van der Waals surface area contributed by atoms with Gasteiger partial charge in [0.25, 0.3) is 5.96 Å². The summed E-state index contributed by atoms with van der Waals surface area (Å²) in [6.45, 7) is 0. The molecule has 0 spiro atoms. The van der Waals surface area contributed by atoms with E-state index < -0.39 is 0 Å². The summed E-state index contributed by atoms with van der Waals surface area (Å²) in [4.78, 5) is 9.27. The fourth-order valence-electron chi connectivity index (χ4n) is 3.89. The number of nitrogens with two attached hydrogens (primary N) is 1. The Kier molecular flexibility index (Phi) is 3.72. The molecule has 0 saturated heterocycles. The summed E-state index contributed by atoms with van der Waals surface area (Å²) in [7, 11) is 0. The first kappa shape index (κ1) is 17.0. The molecule has 1 aliphatic heterocycles. The van der Waals surface area contributed by atoms with E-state index in [0.717, 1.165) is 38.8 Å². The molecule has 6 rings (SSSR count). The summed E-state index contributed by atoms with van der Waals surface area (Å²) >= 11 is 1.66. The molecule has 4 N–H and O–H groups in total. The maximum Gasteiger partial charge on any atom is 0.365 e. The van der Waals surface area contributed by atoms with Crippen LogP contribution >= 0.6 is 11.3 Å². The third-order valence-corrected chi connectivity index (χ3v) is 6.08. The number of nitrogens with zero attached hydrogens (tertiary/aromatic N) is 4. The highest BCUT2D eigenvalue weighted by molar-refractivity contribution is 7.13. The number of aromatic nitrogens is 4. The Morgan fingerprint density at radius 3 is 2.67 bits per heavy atom. The minimum atomic E-state index is -0.341. The van der Waals surface area contributed by atoms with Crippen molar-refractivity contribution >= 4 is 34.3 Å². The van der Waals surface area contributed by atoms with Crippen LogP contribution in [0.5, 0.6) is 0 Å². The van der Waals surface area contributed by atoms with Gasteiger partial charge in [0.2, 0.25) is 6.17 Å². The van der Waals surface area contributed by atoms with E-state index in [9.17, 15) is 0 Å². The van der Waals surface area contributed by atoms with Crippen molar-refractivity contribution in [1.82, 2.24) is 14.8 Å². The Balaban J connectivity index is 1.60. The van der Waals surface area contributed by atoms with Gasteiger partial charge in [-0.15, -0.1) is 11.3 Å². The van der Waals surface area contributed by atoms with Crippen molar-refractivity contribution in [3.8, 4) is 16.3 Å². The van der Waals surface area contributed by atoms with E-state index in [4.69, 9.17) is 15.8 Å². The lowest BCUT2D eigenvalue weighted by Crippen LogP contribution is -2.48. The minimum absolute atomic E-state index is 0.341. The number of hydrogen-bond donors (Lipinski definition) is 3. The number of H-pyrrole nitrogens is 1. The van der Waals surface area contributed by atoms with Gasteiger partial charge in [-0.05, 0) is 35.7 Å². The van der Waals surface area contributed by atoms with Crippen LogP contribution in [0.3, 0.4) is 0 Å². The first-order chi connectivity index (χ1) is 14.8. The van der Waals surface area contributed by atoms with Crippen LogP contribution in [0.25, 0.3) is 27.3 Å². The maximum atomic E-state index is 6.17. The van der Waals surface area contributed by atoms with Gasteiger partial charge in [-0.3, -0.25) is 0 Å². The summed E-state index contributed by atoms with van der Waals surface area (Å²) in [6, 6.07) is 22.4. The number of nitrogens with one attached hydrogen (secondary N) is 2. The number of aliphatic imine (C=N–C) groups is 1. The van der Waals surface area contributed by atoms with Crippen LogP contribution in [0.1, 0.15) is 11.7 Å². The predicted molar refractivity (Wildman–Crippen MR) is 119 cm³/mol. The predicted octanol–water partition coefficient (Wildman–Crippen LogP) is 3.66. The zero-order valence-electron chi connectivity index (χ0n) is 15.9. The zero-order valence-corrected chi connectivity index (χ0v) is 16.7. The summed E-state index contributed by atoms with van der Waals surface area (Å²) in [5, 5.41) is 10.1. The lowest BCUT2D eigenvalue weighted by atomic mass is 10.1. The summed E-state index contributed by atoms with van der Waals surface area (Å²) in [5.74, 6) is 1.18. The van der Waals surface area contributed by atoms with Gasteiger partial charge in [0.05, 0.1) is 16.1 Å². The number of thiophene rings is 1. The van der Waals surface area contributed by atoms with Crippen molar-refractivity contribution in [3.63, 3.8) is 0 Å². The molecule has 0 aliphatic carbocycles. The first-order valence-corrected chi connectivity index (χ1v) is 10.5. The molecular weight excluding hydrogens is 394 g/mol. The second-order valence-electron chi connectivity index (χ2n) is 7.06. The van der Waals surface area contributed by atoms with Gasteiger partial charge in [-0.2, -0.15) is 10.1 Å². The Labute approximate surface area is 176 Å². The molecule has 5 aromatic rings. The summed E-state index contributed by atoms with van der Waals surface area (Å²) in [5.41, 5.74) is 11.1. The van der Waals surface area contributed by atoms with Gasteiger partial charge in [0.1, 0.15) is 16.7 Å². The van der Waals surface area contributed by atoms with E-state index in [-0.39, 0.29) is 6.17 Å². The number of hydrogen-bond acceptors (Lipinski definition) is 5. The van der Waals surface area contributed by atoms with Gasteiger partial charge < -0.3 is 5.73 Å². The molecule has 30 heavy (non-hydrogen) atoms. The third kappa shape index (κ3) is 2.61. The van der Waals surface area contributed by atoms with Crippen molar-refractivity contribution < 1.29 is 4.57 Å². The fraction of sp³-hybridized carbons (Fsp3) is 0.0455. The Bertz CT molecular complexity index is 1380. The van der Waals surface area contributed by atoms with Crippen LogP contribution in [-0.2, 0) is 0 Å². The van der Waals surface area contributed by atoms with Gasteiger partial charge in [-0.1, -0.05) is 36.4 Å². The molecule has 0 bridgehead atoms. The van der Waals surface area contributed by atoms with E-state index in [1.54, 1.807) is 11.3 Å². The van der Waals surface area contributed by atoms with Crippen molar-refractivity contribution in [2.75, 3.05) is 5.32 Å². The standard InChI is InChI=1S/C22H17N7S/c23-21-25-20(29-17-10-5-4-9-16(17)24-22(29)26-21)15-13-28(14-7-2-1-3-8-14)27-19(15)18-11-6-12-30-18/h1-13,20H,(H3,23,24,25,26)/p+1/t20-/m0/s1. The highest BCUT2D eigenvalue weighted by Crippen LogP contribution is 2.34. The smallest absolute Gasteiger partial charge is 0.357 e. The molecule has 0 saturated carbocycles. The molecule has 146 valence electrons. The Morgan fingerprint density at radius 1 is 1.00 bits per heavy atom. The van der Waals surface area contributed by atoms with E-state index >= 15 is 0 Å². The van der Waals surface area contributed by atoms with Crippen LogP contribution in [0.2, 0.25) is 0 Å². The lowest BCUT2D eigenvalue weighted by molar-refractivity contribution is -0.674. The number of guanidine groups is 1. The molecule has 4 heterocycles. The van der Waals surface area contributed by atoms with Crippen LogP contribution < -0.4 is 15.6 Å². The van der Waals surface area contributed by atoms with Crippen LogP contribution in [0.15, 0.2) is 83.3 Å². The number of benzene rings is 2. The highest BCUT2D eigenvalue weighted by Gasteiger charge is 2.34. The third-order valence-electron chi connectivity index (χ3n) is 5.21. The second kappa shape index (κ2) is 6.57. The van der Waals surface area contributed by atoms with Crippen molar-refractivity contribution in [3.05, 3.63) is 83.9 Å². The number of aromatic amines is 1. The number of rotatable bonds is 3. The molecule has 0 fully saturated rings. The van der Waals surface area contributed by atoms with Gasteiger partial charge >= 0.3 is 5.95 Å². The number of para-hydroxylation sites is 3. The van der Waals surface area contributed by atoms with Crippen molar-refractivity contribution in [2.45, 2.75) is 6.17 Å². The molecule has 3 aromatic heterocycles. The minimum Gasteiger partial charge on any atom is -0.357 e. The quantitative estimate of drug-likeness (QED) is 0.395. The topological polar surface area (TPSA) is 87.9 Å². The molecule has 8 heteroatoms. The molecule has 2 aromatic carbocycles. The number of anilines is 1. The first-order valence-electron chi connectivity index (χ1n) is 9.59. The summed E-state index contributed by atoms with van der Waals surface area (Å²) in [6.07, 6.45) is 1.71. The van der Waals surface area contributed by atoms with Crippen molar-refractivity contribution in [1.29, 1.82) is 0 Å². The maximum absolute atomic E-state index is 6.17. The monoisotopic (exact) mass is 412 g/mol. The average molecular weight is 413 g/mol. The van der Waals surface area contributed by atoms with Crippen molar-refractivity contribution in [2.24, 2.45) is 10.7 Å². The van der Waals surface area contributed by atoms with E-state index in [0.29, 0.717) is 5.96 Å². The lowest BCUT2D eigenvalue weighted by Gasteiger charge is -2.17. The molecule has 1 atom stereocenters. The van der Waals surface area contributed by atoms with Crippen LogP contribution in [0.4, 0.5) is 5.95 Å². The molecular formula is C22H18N7S+. The van der Waals surface area contributed by atoms with Gasteiger partial charge in [-0.25, -0.2) is 19.5 Å². The zero-order chi connectivity index (χ0) is 20.1. The van der Waals surface area contributed by atoms with E-state index in [1.807, 2.05) is 59.3 Å². The molecule has 0 amide bonds. The van der Waals surface area contributed by atoms with Gasteiger partial charge in [0, 0.05) is 6.20 Å². The number of imidazole rings is 1. The SMILES string of the molecule is NC1=N[C@H](c2cn(-c3ccccc3)nc2-c2cccs2)[n+]2c([nH]c3ccccc32)N1. The Hall–Kier alpha value is -3.91. The fourth-order valence-corrected chi connectivity index (χ4v) is 4.62. The molecule has 0 radical (unpaired) electrons. The van der Waals surface area contributed by atoms with E-state index in [2.05, 4.69) is 38.6 Å². The summed E-state index contributed by atoms with van der Waals surface area (Å²) < 4.78 is 4.04. The molecule has 7 nitrogen and oxygen atoms in total.